The molecule has 6 nitrogen and oxygen atoms in total. The van der Waals surface area contributed by atoms with Gasteiger partial charge in [-0.25, -0.2) is 9.78 Å². The molecule has 1 aromatic rings. The SMILES string of the molecule is O=C(N[C@H]1CCCN(c2ccccn2)C1)N1CCCC[C@H]1CCO. The first-order valence-electron chi connectivity index (χ1n) is 9.12. The van der Waals surface area contributed by atoms with Gasteiger partial charge >= 0.3 is 6.03 Å². The summed E-state index contributed by atoms with van der Waals surface area (Å²) in [4.78, 5) is 21.3. The van der Waals surface area contributed by atoms with Crippen molar-refractivity contribution in [1.29, 1.82) is 0 Å². The van der Waals surface area contributed by atoms with Crippen molar-refractivity contribution >= 4 is 11.8 Å². The number of carbonyl (C=O) groups excluding carboxylic acids is 1. The number of piperidine rings is 2. The second kappa shape index (κ2) is 8.33. The summed E-state index contributed by atoms with van der Waals surface area (Å²) in [5, 5.41) is 12.4. The highest BCUT2D eigenvalue weighted by atomic mass is 16.3. The molecule has 0 unspecified atom stereocenters. The number of urea groups is 1. The van der Waals surface area contributed by atoms with Crippen molar-refractivity contribution in [1.82, 2.24) is 15.2 Å². The summed E-state index contributed by atoms with van der Waals surface area (Å²) in [5.74, 6) is 0.979. The molecule has 0 spiro atoms. The second-order valence-electron chi connectivity index (χ2n) is 6.78. The van der Waals surface area contributed by atoms with E-state index in [4.69, 9.17) is 0 Å². The van der Waals surface area contributed by atoms with Crippen molar-refractivity contribution in [2.45, 2.75) is 50.6 Å². The number of likely N-dealkylation sites (tertiary alicyclic amines) is 1. The van der Waals surface area contributed by atoms with Crippen LogP contribution in [0, 0.1) is 0 Å². The fourth-order valence-electron chi connectivity index (χ4n) is 3.82. The summed E-state index contributed by atoms with van der Waals surface area (Å²) in [6.07, 6.45) is 7.75. The molecule has 2 atom stereocenters. The van der Waals surface area contributed by atoms with Crippen molar-refractivity contribution in [3.05, 3.63) is 24.4 Å². The number of hydrogen-bond acceptors (Lipinski definition) is 4. The number of amides is 2. The van der Waals surface area contributed by atoms with Crippen molar-refractivity contribution < 1.29 is 9.90 Å². The Hall–Kier alpha value is -1.82. The number of aliphatic hydroxyl groups excluding tert-OH is 1. The van der Waals surface area contributed by atoms with Gasteiger partial charge in [0.1, 0.15) is 5.82 Å². The molecule has 0 aromatic carbocycles. The van der Waals surface area contributed by atoms with Gasteiger partial charge in [0.05, 0.1) is 0 Å². The first-order valence-corrected chi connectivity index (χ1v) is 9.12. The standard InChI is InChI=1S/C18H28N4O2/c23-13-9-16-7-2-4-12-22(16)18(24)20-15-6-5-11-21(14-15)17-8-1-3-10-19-17/h1,3,8,10,15-16,23H,2,4-7,9,11-14H2,(H,20,24)/t15-,16-/m0/s1. The van der Waals surface area contributed by atoms with Gasteiger partial charge in [0.25, 0.3) is 0 Å². The fraction of sp³-hybridized carbons (Fsp3) is 0.667. The van der Waals surface area contributed by atoms with Crippen molar-refractivity contribution in [3.63, 3.8) is 0 Å². The summed E-state index contributed by atoms with van der Waals surface area (Å²) >= 11 is 0. The number of hydrogen-bond donors (Lipinski definition) is 2. The highest BCUT2D eigenvalue weighted by Crippen LogP contribution is 2.21. The Balaban J connectivity index is 1.57. The third-order valence-electron chi connectivity index (χ3n) is 5.07. The van der Waals surface area contributed by atoms with E-state index in [1.807, 2.05) is 29.3 Å². The highest BCUT2D eigenvalue weighted by Gasteiger charge is 2.29. The van der Waals surface area contributed by atoms with E-state index in [1.165, 1.54) is 0 Å². The molecule has 0 radical (unpaired) electrons. The van der Waals surface area contributed by atoms with Gasteiger partial charge in [0, 0.05) is 44.5 Å². The van der Waals surface area contributed by atoms with E-state index in [-0.39, 0.29) is 24.7 Å². The fourth-order valence-corrected chi connectivity index (χ4v) is 3.82. The molecule has 24 heavy (non-hydrogen) atoms. The van der Waals surface area contributed by atoms with E-state index in [9.17, 15) is 9.90 Å². The molecule has 2 aliphatic rings. The Morgan fingerprint density at radius 1 is 1.25 bits per heavy atom. The van der Waals surface area contributed by atoms with Crippen LogP contribution in [0.15, 0.2) is 24.4 Å². The predicted octanol–water partition coefficient (Wildman–Crippen LogP) is 2.00. The van der Waals surface area contributed by atoms with Crippen LogP contribution in [0.2, 0.25) is 0 Å². The summed E-state index contributed by atoms with van der Waals surface area (Å²) in [6.45, 7) is 2.74. The Bertz CT molecular complexity index is 523. The monoisotopic (exact) mass is 332 g/mol. The van der Waals surface area contributed by atoms with Crippen LogP contribution in [0.3, 0.4) is 0 Å². The van der Waals surface area contributed by atoms with E-state index in [0.29, 0.717) is 6.42 Å². The molecule has 3 heterocycles. The first-order chi connectivity index (χ1) is 11.8. The molecule has 0 bridgehead atoms. The Labute approximate surface area is 143 Å². The van der Waals surface area contributed by atoms with Crippen LogP contribution < -0.4 is 10.2 Å². The van der Waals surface area contributed by atoms with Gasteiger partial charge in [-0.05, 0) is 50.7 Å². The predicted molar refractivity (Wildman–Crippen MR) is 94.1 cm³/mol. The lowest BCUT2D eigenvalue weighted by molar-refractivity contribution is 0.129. The smallest absolute Gasteiger partial charge is 0.317 e. The second-order valence-corrected chi connectivity index (χ2v) is 6.78. The molecular weight excluding hydrogens is 304 g/mol. The summed E-state index contributed by atoms with van der Waals surface area (Å²) in [7, 11) is 0. The van der Waals surface area contributed by atoms with Crippen molar-refractivity contribution in [2.75, 3.05) is 31.1 Å². The minimum atomic E-state index is 0.0287. The zero-order valence-electron chi connectivity index (χ0n) is 14.2. The maximum absolute atomic E-state index is 12.7. The summed E-state index contributed by atoms with van der Waals surface area (Å²) in [6, 6.07) is 6.30. The first kappa shape index (κ1) is 17.0. The Morgan fingerprint density at radius 2 is 2.17 bits per heavy atom. The zero-order valence-corrected chi connectivity index (χ0v) is 14.2. The molecular formula is C18H28N4O2. The number of nitrogens with one attached hydrogen (secondary N) is 1. The van der Waals surface area contributed by atoms with Crippen LogP contribution >= 0.6 is 0 Å². The number of aliphatic hydroxyl groups is 1. The van der Waals surface area contributed by atoms with Crippen LogP contribution in [0.5, 0.6) is 0 Å². The quantitative estimate of drug-likeness (QED) is 0.885. The van der Waals surface area contributed by atoms with Gasteiger partial charge in [-0.15, -0.1) is 0 Å². The van der Waals surface area contributed by atoms with Crippen LogP contribution in [0.25, 0.3) is 0 Å². The third-order valence-corrected chi connectivity index (χ3v) is 5.07. The lowest BCUT2D eigenvalue weighted by atomic mass is 10.00. The van der Waals surface area contributed by atoms with Crippen LogP contribution in [-0.4, -0.2) is 59.3 Å². The van der Waals surface area contributed by atoms with E-state index < -0.39 is 0 Å². The topological polar surface area (TPSA) is 68.7 Å². The van der Waals surface area contributed by atoms with E-state index >= 15 is 0 Å². The summed E-state index contributed by atoms with van der Waals surface area (Å²) < 4.78 is 0. The van der Waals surface area contributed by atoms with Gasteiger partial charge in [-0.3, -0.25) is 0 Å². The molecule has 6 heteroatoms. The van der Waals surface area contributed by atoms with Gasteiger partial charge in [0.2, 0.25) is 0 Å². The molecule has 2 saturated heterocycles. The molecule has 0 saturated carbocycles. The van der Waals surface area contributed by atoms with Crippen molar-refractivity contribution in [3.8, 4) is 0 Å². The number of carbonyl (C=O) groups is 1. The normalized spacial score (nSPS) is 24.7. The lowest BCUT2D eigenvalue weighted by Crippen LogP contribution is -2.55. The largest absolute Gasteiger partial charge is 0.396 e. The highest BCUT2D eigenvalue weighted by molar-refractivity contribution is 5.75. The van der Waals surface area contributed by atoms with Gasteiger partial charge in [-0.1, -0.05) is 6.07 Å². The molecule has 1 aromatic heterocycles. The summed E-state index contributed by atoms with van der Waals surface area (Å²) in [5.41, 5.74) is 0. The van der Waals surface area contributed by atoms with Gasteiger partial charge in [-0.2, -0.15) is 0 Å². The number of nitrogens with zero attached hydrogens (tertiary/aromatic N) is 3. The Morgan fingerprint density at radius 3 is 2.96 bits per heavy atom. The molecule has 2 amide bonds. The van der Waals surface area contributed by atoms with Crippen LogP contribution in [0.1, 0.15) is 38.5 Å². The maximum atomic E-state index is 12.7. The minimum absolute atomic E-state index is 0.0287. The molecule has 132 valence electrons. The maximum Gasteiger partial charge on any atom is 0.317 e. The van der Waals surface area contributed by atoms with Crippen LogP contribution in [0.4, 0.5) is 10.6 Å². The molecule has 2 fully saturated rings. The average Bonchev–Trinajstić information content (AvgIpc) is 2.63. The number of rotatable bonds is 4. The molecule has 2 aliphatic heterocycles. The van der Waals surface area contributed by atoms with E-state index in [1.54, 1.807) is 0 Å². The van der Waals surface area contributed by atoms with E-state index in [0.717, 1.165) is 57.6 Å². The van der Waals surface area contributed by atoms with E-state index in [2.05, 4.69) is 15.2 Å². The lowest BCUT2D eigenvalue weighted by Gasteiger charge is -2.39. The Kier molecular flexibility index (Phi) is 5.91. The van der Waals surface area contributed by atoms with Gasteiger partial charge in [0.15, 0.2) is 0 Å². The minimum Gasteiger partial charge on any atom is -0.396 e. The number of anilines is 1. The van der Waals surface area contributed by atoms with Crippen molar-refractivity contribution in [2.24, 2.45) is 0 Å². The van der Waals surface area contributed by atoms with Gasteiger partial charge < -0.3 is 20.2 Å². The zero-order chi connectivity index (χ0) is 16.8. The van der Waals surface area contributed by atoms with Crippen LogP contribution in [-0.2, 0) is 0 Å². The molecule has 2 N–H and O–H groups in total. The number of aromatic nitrogens is 1. The third kappa shape index (κ3) is 4.17. The molecule has 3 rings (SSSR count). The average molecular weight is 332 g/mol. The number of pyridine rings is 1. The molecule has 0 aliphatic carbocycles.